The van der Waals surface area contributed by atoms with Crippen molar-refractivity contribution in [3.8, 4) is 11.4 Å². The average Bonchev–Trinajstić information content (AvgIpc) is 3.02. The van der Waals surface area contributed by atoms with Crippen LogP contribution in [-0.4, -0.2) is 26.1 Å². The molecule has 0 bridgehead atoms. The number of tetrazole rings is 1. The Hall–Kier alpha value is -2.44. The second kappa shape index (κ2) is 7.63. The Morgan fingerprint density at radius 3 is 2.76 bits per heavy atom. The molecule has 0 saturated heterocycles. The molecule has 0 radical (unpaired) electrons. The molecule has 3 aromatic rings. The monoisotopic (exact) mass is 375 g/mol. The molecule has 0 fully saturated rings. The Kier molecular flexibility index (Phi) is 5.31. The van der Waals surface area contributed by atoms with Gasteiger partial charge in [0.05, 0.1) is 0 Å². The number of benzene rings is 2. The molecule has 1 heterocycles. The van der Waals surface area contributed by atoms with Crippen molar-refractivity contribution in [2.24, 2.45) is 0 Å². The lowest BCUT2D eigenvalue weighted by molar-refractivity contribution is -0.122. The number of halogens is 2. The molecule has 8 heteroatoms. The van der Waals surface area contributed by atoms with E-state index in [0.29, 0.717) is 22.4 Å². The molecule has 0 saturated carbocycles. The number of amides is 1. The van der Waals surface area contributed by atoms with E-state index in [1.54, 1.807) is 18.2 Å². The lowest BCUT2D eigenvalue weighted by atomic mass is 10.1. The first kappa shape index (κ1) is 17.4. The molecule has 0 atom stereocenters. The van der Waals surface area contributed by atoms with Crippen LogP contribution in [0.3, 0.4) is 0 Å². The first-order valence-electron chi connectivity index (χ1n) is 7.57. The quantitative estimate of drug-likeness (QED) is 0.742. The summed E-state index contributed by atoms with van der Waals surface area (Å²) in [7, 11) is 0. The maximum Gasteiger partial charge on any atom is 0.243 e. The van der Waals surface area contributed by atoms with Crippen LogP contribution < -0.4 is 5.32 Å². The largest absolute Gasteiger partial charge is 0.350 e. The van der Waals surface area contributed by atoms with Gasteiger partial charge in [0.15, 0.2) is 0 Å². The summed E-state index contributed by atoms with van der Waals surface area (Å²) in [5.74, 6) is 0.256. The first-order chi connectivity index (χ1) is 12.0. The predicted octanol–water partition coefficient (Wildman–Crippen LogP) is 3.27. The highest BCUT2D eigenvalue weighted by molar-refractivity contribution is 6.35. The second-order valence-corrected chi connectivity index (χ2v) is 6.31. The highest BCUT2D eigenvalue weighted by atomic mass is 35.5. The molecular weight excluding hydrogens is 361 g/mol. The standard InChI is InChI=1S/C17H15Cl2N5O/c1-11-4-2-3-5-14(11)17-21-23-24(22-17)10-16(25)20-9-12-6-7-13(18)8-15(12)19/h2-8H,9-10H2,1H3,(H,20,25). The lowest BCUT2D eigenvalue weighted by Gasteiger charge is -2.06. The van der Waals surface area contributed by atoms with Gasteiger partial charge in [-0.2, -0.15) is 4.80 Å². The third kappa shape index (κ3) is 4.35. The minimum absolute atomic E-state index is 0.0237. The van der Waals surface area contributed by atoms with Gasteiger partial charge in [0.1, 0.15) is 6.54 Å². The molecule has 0 aliphatic heterocycles. The molecule has 25 heavy (non-hydrogen) atoms. The van der Waals surface area contributed by atoms with Crippen molar-refractivity contribution >= 4 is 29.1 Å². The molecule has 3 rings (SSSR count). The molecule has 1 amide bonds. The van der Waals surface area contributed by atoms with Crippen molar-refractivity contribution < 1.29 is 4.79 Å². The normalized spacial score (nSPS) is 10.7. The van der Waals surface area contributed by atoms with Gasteiger partial charge in [-0.15, -0.1) is 10.2 Å². The van der Waals surface area contributed by atoms with Crippen LogP contribution in [0.25, 0.3) is 11.4 Å². The number of aryl methyl sites for hydroxylation is 1. The van der Waals surface area contributed by atoms with E-state index in [1.165, 1.54) is 4.80 Å². The molecule has 0 spiro atoms. The summed E-state index contributed by atoms with van der Waals surface area (Å²) in [5.41, 5.74) is 2.72. The summed E-state index contributed by atoms with van der Waals surface area (Å²) in [6, 6.07) is 12.9. The fraction of sp³-hybridized carbons (Fsp3) is 0.176. The van der Waals surface area contributed by atoms with E-state index in [2.05, 4.69) is 20.7 Å². The zero-order valence-corrected chi connectivity index (χ0v) is 14.9. The highest BCUT2D eigenvalue weighted by Crippen LogP contribution is 2.21. The molecule has 2 aromatic carbocycles. The van der Waals surface area contributed by atoms with Crippen molar-refractivity contribution in [3.63, 3.8) is 0 Å². The van der Waals surface area contributed by atoms with Gasteiger partial charge in [0.2, 0.25) is 11.7 Å². The second-order valence-electron chi connectivity index (χ2n) is 5.47. The van der Waals surface area contributed by atoms with Crippen molar-refractivity contribution in [3.05, 3.63) is 63.6 Å². The van der Waals surface area contributed by atoms with Crippen LogP contribution in [0.4, 0.5) is 0 Å². The van der Waals surface area contributed by atoms with Crippen molar-refractivity contribution in [2.45, 2.75) is 20.0 Å². The molecule has 0 aliphatic carbocycles. The molecule has 1 aromatic heterocycles. The van der Waals surface area contributed by atoms with Gasteiger partial charge in [-0.05, 0) is 35.4 Å². The topological polar surface area (TPSA) is 72.7 Å². The van der Waals surface area contributed by atoms with Gasteiger partial charge in [-0.25, -0.2) is 0 Å². The van der Waals surface area contributed by atoms with Gasteiger partial charge in [0, 0.05) is 22.2 Å². The number of aromatic nitrogens is 4. The van der Waals surface area contributed by atoms with Crippen LogP contribution in [0.2, 0.25) is 10.0 Å². The van der Waals surface area contributed by atoms with Crippen LogP contribution in [0, 0.1) is 6.92 Å². The smallest absolute Gasteiger partial charge is 0.243 e. The van der Waals surface area contributed by atoms with Crippen LogP contribution >= 0.6 is 23.2 Å². The van der Waals surface area contributed by atoms with Crippen LogP contribution in [0.15, 0.2) is 42.5 Å². The molecular formula is C17H15Cl2N5O. The van der Waals surface area contributed by atoms with Gasteiger partial charge in [-0.3, -0.25) is 4.79 Å². The van der Waals surface area contributed by atoms with Gasteiger partial charge in [0.25, 0.3) is 0 Å². The number of hydrogen-bond acceptors (Lipinski definition) is 4. The van der Waals surface area contributed by atoms with Crippen LogP contribution in [0.5, 0.6) is 0 Å². The molecule has 128 valence electrons. The lowest BCUT2D eigenvalue weighted by Crippen LogP contribution is -2.28. The zero-order valence-electron chi connectivity index (χ0n) is 13.4. The fourth-order valence-electron chi connectivity index (χ4n) is 2.29. The number of rotatable bonds is 5. The molecule has 0 unspecified atom stereocenters. The van der Waals surface area contributed by atoms with Crippen LogP contribution in [-0.2, 0) is 17.9 Å². The Bertz CT molecular complexity index is 910. The SMILES string of the molecule is Cc1ccccc1-c1nnn(CC(=O)NCc2ccc(Cl)cc2Cl)n1. The number of nitrogens with zero attached hydrogens (tertiary/aromatic N) is 4. The first-order valence-corrected chi connectivity index (χ1v) is 8.33. The summed E-state index contributed by atoms with van der Waals surface area (Å²) in [4.78, 5) is 13.3. The van der Waals surface area contributed by atoms with Crippen molar-refractivity contribution in [2.75, 3.05) is 0 Å². The number of carbonyl (C=O) groups is 1. The van der Waals surface area contributed by atoms with Gasteiger partial charge >= 0.3 is 0 Å². The summed E-state index contributed by atoms with van der Waals surface area (Å²) < 4.78 is 0. The average molecular weight is 376 g/mol. The third-order valence-electron chi connectivity index (χ3n) is 3.61. The van der Waals surface area contributed by atoms with E-state index in [-0.39, 0.29) is 12.5 Å². The van der Waals surface area contributed by atoms with E-state index < -0.39 is 0 Å². The Balaban J connectivity index is 1.61. The number of hydrogen-bond donors (Lipinski definition) is 1. The van der Waals surface area contributed by atoms with E-state index in [4.69, 9.17) is 23.2 Å². The van der Waals surface area contributed by atoms with Gasteiger partial charge < -0.3 is 5.32 Å². The van der Waals surface area contributed by atoms with Crippen molar-refractivity contribution in [1.82, 2.24) is 25.5 Å². The Labute approximate surface area is 154 Å². The Morgan fingerprint density at radius 2 is 2.00 bits per heavy atom. The molecule has 0 aliphatic rings. The van der Waals surface area contributed by atoms with E-state index in [1.807, 2.05) is 31.2 Å². The third-order valence-corrected chi connectivity index (χ3v) is 4.20. The van der Waals surface area contributed by atoms with E-state index in [9.17, 15) is 4.79 Å². The molecule has 6 nitrogen and oxygen atoms in total. The Morgan fingerprint density at radius 1 is 1.20 bits per heavy atom. The van der Waals surface area contributed by atoms with E-state index >= 15 is 0 Å². The summed E-state index contributed by atoms with van der Waals surface area (Å²) >= 11 is 11.9. The fourth-order valence-corrected chi connectivity index (χ4v) is 2.76. The minimum atomic E-state index is -0.236. The highest BCUT2D eigenvalue weighted by Gasteiger charge is 2.11. The molecule has 1 N–H and O–H groups in total. The van der Waals surface area contributed by atoms with Crippen molar-refractivity contribution in [1.29, 1.82) is 0 Å². The zero-order chi connectivity index (χ0) is 17.8. The number of carbonyl (C=O) groups excluding carboxylic acids is 1. The number of nitrogens with one attached hydrogen (secondary N) is 1. The maximum atomic E-state index is 12.1. The summed E-state index contributed by atoms with van der Waals surface area (Å²) in [6.45, 7) is 2.25. The maximum absolute atomic E-state index is 12.1. The summed E-state index contributed by atoms with van der Waals surface area (Å²) in [6.07, 6.45) is 0. The van der Waals surface area contributed by atoms with Gasteiger partial charge in [-0.1, -0.05) is 53.5 Å². The predicted molar refractivity (Wildman–Crippen MR) is 96.3 cm³/mol. The van der Waals surface area contributed by atoms with E-state index in [0.717, 1.165) is 16.7 Å². The summed E-state index contributed by atoms with van der Waals surface area (Å²) in [5, 5.41) is 16.0. The van der Waals surface area contributed by atoms with Crippen LogP contribution in [0.1, 0.15) is 11.1 Å². The minimum Gasteiger partial charge on any atom is -0.350 e.